The van der Waals surface area contributed by atoms with E-state index in [1.807, 2.05) is 42.5 Å². The van der Waals surface area contributed by atoms with Gasteiger partial charge in [0.2, 0.25) is 0 Å². The fraction of sp³-hybridized carbons (Fsp3) is 0.0870. The molecule has 0 aliphatic heterocycles. The number of carbonyl (C=O) groups is 2. The fourth-order valence-corrected chi connectivity index (χ4v) is 3.26. The second-order valence-corrected chi connectivity index (χ2v) is 7.12. The number of fused-ring (bicyclic) bond motifs is 1. The van der Waals surface area contributed by atoms with Crippen molar-refractivity contribution in [3.63, 3.8) is 0 Å². The highest BCUT2D eigenvalue weighted by atomic mass is 16.5. The van der Waals surface area contributed by atoms with E-state index in [2.05, 4.69) is 9.97 Å². The molecule has 0 radical (unpaired) electrons. The number of nitrogens with one attached hydrogen (secondary N) is 2. The Kier molecular flexibility index (Phi) is 5.04. The van der Waals surface area contributed by atoms with Crippen LogP contribution in [-0.4, -0.2) is 46.0 Å². The van der Waals surface area contributed by atoms with Crippen molar-refractivity contribution in [1.82, 2.24) is 20.3 Å². The maximum absolute atomic E-state index is 12.2. The van der Waals surface area contributed by atoms with Gasteiger partial charge in [0, 0.05) is 30.8 Å². The number of hydroxylamine groups is 1. The van der Waals surface area contributed by atoms with Gasteiger partial charge >= 0.3 is 0 Å². The van der Waals surface area contributed by atoms with Crippen LogP contribution in [0.3, 0.4) is 0 Å². The lowest BCUT2D eigenvalue weighted by molar-refractivity contribution is 0.0706. The first kappa shape index (κ1) is 19.4. The summed E-state index contributed by atoms with van der Waals surface area (Å²) in [5.41, 5.74) is 6.86. The van der Waals surface area contributed by atoms with Crippen LogP contribution in [0, 0.1) is 0 Å². The van der Waals surface area contributed by atoms with Crippen molar-refractivity contribution in [2.45, 2.75) is 0 Å². The van der Waals surface area contributed by atoms with Crippen LogP contribution in [0.4, 0.5) is 0 Å². The van der Waals surface area contributed by atoms with Crippen LogP contribution in [0.25, 0.3) is 33.5 Å². The Morgan fingerprint density at radius 1 is 0.900 bits per heavy atom. The number of aromatic amines is 1. The third-order valence-corrected chi connectivity index (χ3v) is 4.85. The van der Waals surface area contributed by atoms with Crippen LogP contribution in [0.15, 0.2) is 66.7 Å². The van der Waals surface area contributed by atoms with Gasteiger partial charge in [-0.15, -0.1) is 0 Å². The molecule has 7 heteroatoms. The standard InChI is InChI=1S/C23H20N4O3/c1-27(2)23(29)18-5-3-4-16(12-18)14-6-8-15(9-7-14)21-24-19-11-10-17(22(28)26-30)13-20(19)25-21/h3-13,30H,1-2H3,(H,24,25)(H,26,28). The summed E-state index contributed by atoms with van der Waals surface area (Å²) in [6.07, 6.45) is 0. The van der Waals surface area contributed by atoms with Gasteiger partial charge in [0.05, 0.1) is 11.0 Å². The predicted octanol–water partition coefficient (Wildman–Crippen LogP) is 3.72. The van der Waals surface area contributed by atoms with E-state index in [-0.39, 0.29) is 5.91 Å². The van der Waals surface area contributed by atoms with Crippen molar-refractivity contribution in [2.24, 2.45) is 0 Å². The van der Waals surface area contributed by atoms with Gasteiger partial charge in [0.25, 0.3) is 11.8 Å². The third-order valence-electron chi connectivity index (χ3n) is 4.85. The molecular formula is C23H20N4O3. The zero-order chi connectivity index (χ0) is 21.3. The number of carbonyl (C=O) groups excluding carboxylic acids is 2. The number of hydrogen-bond donors (Lipinski definition) is 3. The summed E-state index contributed by atoms with van der Waals surface area (Å²) < 4.78 is 0. The molecule has 0 spiro atoms. The van der Waals surface area contributed by atoms with E-state index >= 15 is 0 Å². The molecule has 1 aromatic heterocycles. The molecule has 0 aliphatic rings. The minimum absolute atomic E-state index is 0.0370. The second-order valence-electron chi connectivity index (χ2n) is 7.12. The molecule has 0 saturated heterocycles. The zero-order valence-electron chi connectivity index (χ0n) is 16.5. The summed E-state index contributed by atoms with van der Waals surface area (Å²) in [7, 11) is 3.46. The average molecular weight is 400 g/mol. The molecule has 4 aromatic rings. The number of rotatable bonds is 4. The summed E-state index contributed by atoms with van der Waals surface area (Å²) in [6, 6.07) is 20.4. The highest BCUT2D eigenvalue weighted by Gasteiger charge is 2.11. The molecule has 4 rings (SSSR count). The maximum atomic E-state index is 12.2. The van der Waals surface area contributed by atoms with E-state index in [4.69, 9.17) is 5.21 Å². The number of benzene rings is 3. The molecule has 0 bridgehead atoms. The predicted molar refractivity (Wildman–Crippen MR) is 114 cm³/mol. The Labute approximate surface area is 172 Å². The van der Waals surface area contributed by atoms with Crippen molar-refractivity contribution in [2.75, 3.05) is 14.1 Å². The lowest BCUT2D eigenvalue weighted by Crippen LogP contribution is -2.21. The normalized spacial score (nSPS) is 10.8. The molecule has 0 atom stereocenters. The molecule has 150 valence electrons. The van der Waals surface area contributed by atoms with Crippen LogP contribution in [0.5, 0.6) is 0 Å². The largest absolute Gasteiger partial charge is 0.345 e. The van der Waals surface area contributed by atoms with E-state index < -0.39 is 5.91 Å². The van der Waals surface area contributed by atoms with E-state index in [0.29, 0.717) is 22.5 Å². The Morgan fingerprint density at radius 2 is 1.63 bits per heavy atom. The molecule has 2 amide bonds. The van der Waals surface area contributed by atoms with Gasteiger partial charge in [-0.2, -0.15) is 0 Å². The van der Waals surface area contributed by atoms with Crippen LogP contribution in [-0.2, 0) is 0 Å². The summed E-state index contributed by atoms with van der Waals surface area (Å²) >= 11 is 0. The molecule has 0 unspecified atom stereocenters. The Balaban J connectivity index is 1.63. The topological polar surface area (TPSA) is 98.3 Å². The lowest BCUT2D eigenvalue weighted by atomic mass is 10.0. The Bertz CT molecular complexity index is 1240. The molecule has 0 aliphatic carbocycles. The monoisotopic (exact) mass is 400 g/mol. The van der Waals surface area contributed by atoms with Crippen molar-refractivity contribution in [1.29, 1.82) is 0 Å². The van der Waals surface area contributed by atoms with Crippen LogP contribution in [0.1, 0.15) is 20.7 Å². The summed E-state index contributed by atoms with van der Waals surface area (Å²) in [5.74, 6) is 0.0621. The van der Waals surface area contributed by atoms with E-state index in [1.54, 1.807) is 48.7 Å². The highest BCUT2D eigenvalue weighted by Crippen LogP contribution is 2.26. The van der Waals surface area contributed by atoms with Gasteiger partial charge in [-0.3, -0.25) is 14.8 Å². The van der Waals surface area contributed by atoms with Crippen LogP contribution < -0.4 is 5.48 Å². The summed E-state index contributed by atoms with van der Waals surface area (Å²) in [5, 5.41) is 8.79. The van der Waals surface area contributed by atoms with Gasteiger partial charge in [-0.1, -0.05) is 36.4 Å². The van der Waals surface area contributed by atoms with Crippen LogP contribution in [0.2, 0.25) is 0 Å². The Hall–Kier alpha value is -3.97. The number of amides is 2. The number of H-pyrrole nitrogens is 1. The molecule has 0 fully saturated rings. The van der Waals surface area contributed by atoms with Crippen molar-refractivity contribution in [3.05, 3.63) is 77.9 Å². The highest BCUT2D eigenvalue weighted by molar-refractivity contribution is 5.97. The summed E-state index contributed by atoms with van der Waals surface area (Å²) in [6.45, 7) is 0. The molecular weight excluding hydrogens is 380 g/mol. The maximum Gasteiger partial charge on any atom is 0.274 e. The van der Waals surface area contributed by atoms with E-state index in [9.17, 15) is 9.59 Å². The van der Waals surface area contributed by atoms with Gasteiger partial charge in [-0.25, -0.2) is 10.5 Å². The van der Waals surface area contributed by atoms with Crippen molar-refractivity contribution < 1.29 is 14.8 Å². The summed E-state index contributed by atoms with van der Waals surface area (Å²) in [4.78, 5) is 33.1. The van der Waals surface area contributed by atoms with E-state index in [1.165, 1.54) is 0 Å². The van der Waals surface area contributed by atoms with Gasteiger partial charge in [0.15, 0.2) is 0 Å². The van der Waals surface area contributed by atoms with Gasteiger partial charge < -0.3 is 9.88 Å². The number of hydrogen-bond acceptors (Lipinski definition) is 4. The number of nitrogens with zero attached hydrogens (tertiary/aromatic N) is 2. The Morgan fingerprint density at radius 3 is 2.33 bits per heavy atom. The first-order chi connectivity index (χ1) is 14.5. The van der Waals surface area contributed by atoms with Crippen LogP contribution >= 0.6 is 0 Å². The molecule has 0 saturated carbocycles. The second kappa shape index (κ2) is 7.81. The number of aromatic nitrogens is 2. The van der Waals surface area contributed by atoms with Crippen molar-refractivity contribution in [3.8, 4) is 22.5 Å². The fourth-order valence-electron chi connectivity index (χ4n) is 3.26. The third kappa shape index (κ3) is 3.66. The van der Waals surface area contributed by atoms with E-state index in [0.717, 1.165) is 22.2 Å². The number of imidazole rings is 1. The van der Waals surface area contributed by atoms with Crippen molar-refractivity contribution >= 4 is 22.8 Å². The SMILES string of the molecule is CN(C)C(=O)c1cccc(-c2ccc(-c3nc4ccc(C(=O)NO)cc4[nH]3)cc2)c1. The smallest absolute Gasteiger partial charge is 0.274 e. The zero-order valence-corrected chi connectivity index (χ0v) is 16.5. The average Bonchev–Trinajstić information content (AvgIpc) is 3.21. The molecule has 3 aromatic carbocycles. The van der Waals surface area contributed by atoms with Gasteiger partial charge in [0.1, 0.15) is 5.82 Å². The quantitative estimate of drug-likeness (QED) is 0.359. The molecule has 7 nitrogen and oxygen atoms in total. The minimum Gasteiger partial charge on any atom is -0.345 e. The molecule has 3 N–H and O–H groups in total. The van der Waals surface area contributed by atoms with Gasteiger partial charge in [-0.05, 0) is 41.5 Å². The molecule has 1 heterocycles. The first-order valence-corrected chi connectivity index (χ1v) is 9.33. The lowest BCUT2D eigenvalue weighted by Gasteiger charge is -2.11. The minimum atomic E-state index is -0.576. The first-order valence-electron chi connectivity index (χ1n) is 9.33. The molecule has 30 heavy (non-hydrogen) atoms.